The zero-order valence-corrected chi connectivity index (χ0v) is 12.0. The summed E-state index contributed by atoms with van der Waals surface area (Å²) in [5, 5.41) is 21.1. The SMILES string of the molecule is O=C([O-])c1cccc(C(=O)[O-])c1S(=O)(=O)O.[Zn+2]. The molecule has 0 aliphatic heterocycles. The molecular weight excluding hydrogens is 306 g/mol. The van der Waals surface area contributed by atoms with Gasteiger partial charge in [0.25, 0.3) is 10.1 Å². The molecule has 0 heterocycles. The number of carbonyl (C=O) groups is 2. The molecule has 0 atom stereocenters. The second kappa shape index (κ2) is 5.35. The van der Waals surface area contributed by atoms with Gasteiger partial charge in [0, 0.05) is 11.1 Å². The minimum Gasteiger partial charge on any atom is -0.545 e. The van der Waals surface area contributed by atoms with Crippen LogP contribution in [0.1, 0.15) is 20.7 Å². The zero-order chi connectivity index (χ0) is 12.5. The second-order valence-corrected chi connectivity index (χ2v) is 4.09. The number of aromatic carboxylic acids is 2. The number of carbonyl (C=O) groups excluding carboxylic acids is 2. The van der Waals surface area contributed by atoms with Gasteiger partial charge in [-0.15, -0.1) is 0 Å². The molecule has 17 heavy (non-hydrogen) atoms. The summed E-state index contributed by atoms with van der Waals surface area (Å²) in [5.41, 5.74) is -1.88. The van der Waals surface area contributed by atoms with Crippen LogP contribution >= 0.6 is 0 Å². The van der Waals surface area contributed by atoms with Crippen molar-refractivity contribution in [1.82, 2.24) is 0 Å². The van der Waals surface area contributed by atoms with Crippen molar-refractivity contribution < 1.29 is 52.3 Å². The van der Waals surface area contributed by atoms with Crippen molar-refractivity contribution in [2.75, 3.05) is 0 Å². The molecule has 9 heteroatoms. The molecule has 1 N–H and O–H groups in total. The topological polar surface area (TPSA) is 135 Å². The molecule has 0 aromatic heterocycles. The molecule has 0 bridgehead atoms. The van der Waals surface area contributed by atoms with E-state index in [0.29, 0.717) is 0 Å². The first-order valence-corrected chi connectivity index (χ1v) is 5.22. The molecular formula is C8H4O7SZn. The van der Waals surface area contributed by atoms with E-state index in [1.165, 1.54) is 0 Å². The Labute approximate surface area is 109 Å². The molecule has 1 rings (SSSR count). The summed E-state index contributed by atoms with van der Waals surface area (Å²) in [6.45, 7) is 0. The van der Waals surface area contributed by atoms with Crippen LogP contribution in [0.2, 0.25) is 0 Å². The summed E-state index contributed by atoms with van der Waals surface area (Å²) >= 11 is 0. The van der Waals surface area contributed by atoms with E-state index < -0.39 is 38.1 Å². The second-order valence-electron chi connectivity index (χ2n) is 2.73. The molecule has 0 radical (unpaired) electrons. The molecule has 0 aliphatic rings. The van der Waals surface area contributed by atoms with Crippen LogP contribution in [0, 0.1) is 0 Å². The molecule has 0 amide bonds. The first-order chi connectivity index (χ1) is 7.25. The van der Waals surface area contributed by atoms with E-state index in [-0.39, 0.29) is 19.5 Å². The molecule has 1 aromatic carbocycles. The molecule has 0 aliphatic carbocycles. The van der Waals surface area contributed by atoms with Crippen molar-refractivity contribution in [3.8, 4) is 0 Å². The van der Waals surface area contributed by atoms with Crippen LogP contribution in [0.5, 0.6) is 0 Å². The maximum absolute atomic E-state index is 10.9. The fraction of sp³-hybridized carbons (Fsp3) is 0. The van der Waals surface area contributed by atoms with Gasteiger partial charge in [-0.05, 0) is 0 Å². The molecule has 0 saturated carbocycles. The summed E-state index contributed by atoms with van der Waals surface area (Å²) in [4.78, 5) is 19.8. The molecule has 1 aromatic rings. The molecule has 0 spiro atoms. The Bertz CT molecular complexity index is 531. The number of carboxylic acids is 2. The number of rotatable bonds is 3. The number of benzene rings is 1. The normalized spacial score (nSPS) is 10.4. The Morgan fingerprint density at radius 2 is 1.41 bits per heavy atom. The van der Waals surface area contributed by atoms with Crippen LogP contribution in [-0.4, -0.2) is 24.9 Å². The van der Waals surface area contributed by atoms with E-state index in [1.807, 2.05) is 0 Å². The van der Waals surface area contributed by atoms with Crippen LogP contribution < -0.4 is 10.2 Å². The largest absolute Gasteiger partial charge is 2.00 e. The third kappa shape index (κ3) is 3.32. The van der Waals surface area contributed by atoms with Gasteiger partial charge in [0.2, 0.25) is 0 Å². The monoisotopic (exact) mass is 308 g/mol. The Morgan fingerprint density at radius 1 is 1.06 bits per heavy atom. The first kappa shape index (κ1) is 15.7. The van der Waals surface area contributed by atoms with Gasteiger partial charge in [-0.1, -0.05) is 18.2 Å². The van der Waals surface area contributed by atoms with Crippen molar-refractivity contribution in [2.24, 2.45) is 0 Å². The number of hydrogen-bond donors (Lipinski definition) is 1. The summed E-state index contributed by atoms with van der Waals surface area (Å²) in [7, 11) is -5.00. The van der Waals surface area contributed by atoms with Crippen LogP contribution in [-0.2, 0) is 29.6 Å². The van der Waals surface area contributed by atoms with E-state index in [0.717, 1.165) is 18.2 Å². The minimum atomic E-state index is -5.00. The van der Waals surface area contributed by atoms with Crippen LogP contribution in [0.3, 0.4) is 0 Å². The van der Waals surface area contributed by atoms with Crippen molar-refractivity contribution in [3.63, 3.8) is 0 Å². The Kier molecular flexibility index (Phi) is 4.94. The van der Waals surface area contributed by atoms with Crippen LogP contribution in [0.4, 0.5) is 0 Å². The van der Waals surface area contributed by atoms with Crippen molar-refractivity contribution in [3.05, 3.63) is 29.3 Å². The fourth-order valence-electron chi connectivity index (χ4n) is 1.14. The van der Waals surface area contributed by atoms with Crippen molar-refractivity contribution in [2.45, 2.75) is 4.90 Å². The maximum atomic E-state index is 10.9. The number of carboxylic acid groups (broad SMARTS) is 2. The molecule has 0 unspecified atom stereocenters. The summed E-state index contributed by atoms with van der Waals surface area (Å²) < 4.78 is 30.5. The average Bonchev–Trinajstić information content (AvgIpc) is 2.15. The Morgan fingerprint density at radius 3 is 1.65 bits per heavy atom. The summed E-state index contributed by atoms with van der Waals surface area (Å²) in [5.74, 6) is -3.84. The van der Waals surface area contributed by atoms with Gasteiger partial charge in [-0.3, -0.25) is 4.55 Å². The van der Waals surface area contributed by atoms with E-state index in [2.05, 4.69) is 0 Å². The zero-order valence-electron chi connectivity index (χ0n) is 8.24. The third-order valence-corrected chi connectivity index (χ3v) is 2.67. The van der Waals surface area contributed by atoms with Crippen LogP contribution in [0.15, 0.2) is 23.1 Å². The molecule has 0 saturated heterocycles. The standard InChI is InChI=1S/C8H6O7S.Zn/c9-7(10)4-2-1-3-5(8(11)12)6(4)16(13,14)15;/h1-3H,(H,9,10)(H,11,12)(H,13,14,15);/q;+2/p-2. The summed E-state index contributed by atoms with van der Waals surface area (Å²) in [6.07, 6.45) is 0. The van der Waals surface area contributed by atoms with Gasteiger partial charge in [0.1, 0.15) is 4.90 Å². The first-order valence-electron chi connectivity index (χ1n) is 3.78. The smallest absolute Gasteiger partial charge is 0.545 e. The quantitative estimate of drug-likeness (QED) is 0.488. The molecule has 86 valence electrons. The van der Waals surface area contributed by atoms with Gasteiger partial charge < -0.3 is 19.8 Å². The van der Waals surface area contributed by atoms with Crippen LogP contribution in [0.25, 0.3) is 0 Å². The Balaban J connectivity index is 0.00000256. The van der Waals surface area contributed by atoms with E-state index >= 15 is 0 Å². The number of hydrogen-bond acceptors (Lipinski definition) is 6. The van der Waals surface area contributed by atoms with E-state index in [9.17, 15) is 28.2 Å². The minimum absolute atomic E-state index is 0. The van der Waals surface area contributed by atoms with Crippen molar-refractivity contribution in [1.29, 1.82) is 0 Å². The van der Waals surface area contributed by atoms with E-state index in [4.69, 9.17) is 4.55 Å². The van der Waals surface area contributed by atoms with Crippen molar-refractivity contribution >= 4 is 22.1 Å². The fourth-order valence-corrected chi connectivity index (χ4v) is 1.99. The van der Waals surface area contributed by atoms with Gasteiger partial charge in [-0.2, -0.15) is 8.42 Å². The molecule has 7 nitrogen and oxygen atoms in total. The van der Waals surface area contributed by atoms with Gasteiger partial charge >= 0.3 is 19.5 Å². The van der Waals surface area contributed by atoms with E-state index in [1.54, 1.807) is 0 Å². The third-order valence-electron chi connectivity index (χ3n) is 1.71. The van der Waals surface area contributed by atoms with Gasteiger partial charge in [-0.25, -0.2) is 0 Å². The molecule has 0 fully saturated rings. The summed E-state index contributed by atoms with van der Waals surface area (Å²) in [6, 6.07) is 2.58. The predicted octanol–water partition coefficient (Wildman–Crippen LogP) is -2.34. The Hall–Kier alpha value is -1.31. The average molecular weight is 310 g/mol. The van der Waals surface area contributed by atoms with Gasteiger partial charge in [0.15, 0.2) is 0 Å². The maximum Gasteiger partial charge on any atom is 2.00 e. The predicted molar refractivity (Wildman–Crippen MR) is 44.9 cm³/mol. The van der Waals surface area contributed by atoms with Gasteiger partial charge in [0.05, 0.1) is 11.9 Å².